The van der Waals surface area contributed by atoms with Gasteiger partial charge in [-0.05, 0) is 30.7 Å². The summed E-state index contributed by atoms with van der Waals surface area (Å²) in [6.45, 7) is 1.92. The first kappa shape index (κ1) is 14.0. The fraction of sp³-hybridized carbons (Fsp3) is 0.118. The lowest BCUT2D eigenvalue weighted by Crippen LogP contribution is -2.07. The molecule has 0 aliphatic heterocycles. The van der Waals surface area contributed by atoms with Crippen LogP contribution in [0.4, 0.5) is 0 Å². The third-order valence-corrected chi connectivity index (χ3v) is 3.42. The highest BCUT2D eigenvalue weighted by molar-refractivity contribution is 5.89. The fourth-order valence-electron chi connectivity index (χ4n) is 2.43. The van der Waals surface area contributed by atoms with Crippen molar-refractivity contribution in [3.8, 4) is 5.69 Å². The number of aromatic nitrogens is 3. The van der Waals surface area contributed by atoms with Crippen LogP contribution in [0, 0.1) is 6.92 Å². The molecule has 2 aromatic heterocycles. The van der Waals surface area contributed by atoms with Crippen LogP contribution in [0.15, 0.2) is 55.0 Å². The van der Waals surface area contributed by atoms with Crippen LogP contribution in [0.5, 0.6) is 0 Å². The molecule has 2 heterocycles. The lowest BCUT2D eigenvalue weighted by atomic mass is 10.1. The zero-order chi connectivity index (χ0) is 15.5. The van der Waals surface area contributed by atoms with Gasteiger partial charge in [-0.2, -0.15) is 0 Å². The van der Waals surface area contributed by atoms with E-state index in [1.165, 1.54) is 12.3 Å². The predicted molar refractivity (Wildman–Crippen MR) is 82.3 cm³/mol. The summed E-state index contributed by atoms with van der Waals surface area (Å²) in [5.41, 5.74) is 2.80. The molecule has 0 radical (unpaired) electrons. The third kappa shape index (κ3) is 2.74. The Hall–Kier alpha value is -2.95. The van der Waals surface area contributed by atoms with Crippen molar-refractivity contribution in [1.82, 2.24) is 14.5 Å². The molecular formula is C17H15N3O2. The van der Waals surface area contributed by atoms with Crippen LogP contribution in [0.25, 0.3) is 5.69 Å². The van der Waals surface area contributed by atoms with Crippen LogP contribution in [0.1, 0.15) is 27.4 Å². The molecule has 0 unspecified atom stereocenters. The number of rotatable bonds is 4. The summed E-state index contributed by atoms with van der Waals surface area (Å²) in [5.74, 6) is -0.161. The van der Waals surface area contributed by atoms with Crippen molar-refractivity contribution < 1.29 is 9.90 Å². The molecule has 5 heteroatoms. The Morgan fingerprint density at radius 2 is 2.00 bits per heavy atom. The molecule has 0 spiro atoms. The molecular weight excluding hydrogens is 278 g/mol. The van der Waals surface area contributed by atoms with Gasteiger partial charge in [0.2, 0.25) is 0 Å². The molecule has 0 saturated carbocycles. The van der Waals surface area contributed by atoms with E-state index in [2.05, 4.69) is 9.97 Å². The average Bonchev–Trinajstić information content (AvgIpc) is 2.89. The Balaban J connectivity index is 2.03. The molecule has 1 aromatic carbocycles. The number of hydrogen-bond acceptors (Lipinski definition) is 3. The topological polar surface area (TPSA) is 68.0 Å². The molecule has 22 heavy (non-hydrogen) atoms. The standard InChI is InChI=1S/C17H15N3O2/c1-12-11-20(14-5-3-2-4-6-14)16(19-12)9-13-10-18-8-7-15(13)17(21)22/h2-8,10-11H,9H2,1H3,(H,21,22). The van der Waals surface area contributed by atoms with Crippen molar-refractivity contribution in [2.45, 2.75) is 13.3 Å². The van der Waals surface area contributed by atoms with Crippen LogP contribution in [-0.4, -0.2) is 25.6 Å². The summed E-state index contributed by atoms with van der Waals surface area (Å²) in [6.07, 6.45) is 5.43. The normalized spacial score (nSPS) is 10.6. The minimum atomic E-state index is -0.952. The second-order valence-corrected chi connectivity index (χ2v) is 5.02. The van der Waals surface area contributed by atoms with Gasteiger partial charge >= 0.3 is 5.97 Å². The number of para-hydroxylation sites is 1. The fourth-order valence-corrected chi connectivity index (χ4v) is 2.43. The molecule has 5 nitrogen and oxygen atoms in total. The third-order valence-electron chi connectivity index (χ3n) is 3.42. The maximum Gasteiger partial charge on any atom is 0.336 e. The SMILES string of the molecule is Cc1cn(-c2ccccc2)c(Cc2cnccc2C(=O)O)n1. The van der Waals surface area contributed by atoms with Crippen molar-refractivity contribution in [2.75, 3.05) is 0 Å². The first-order chi connectivity index (χ1) is 10.6. The average molecular weight is 293 g/mol. The van der Waals surface area contributed by atoms with E-state index in [0.717, 1.165) is 17.2 Å². The van der Waals surface area contributed by atoms with Gasteiger partial charge in [-0.25, -0.2) is 9.78 Å². The number of carbonyl (C=O) groups is 1. The van der Waals surface area contributed by atoms with Gasteiger partial charge in [-0.15, -0.1) is 0 Å². The second-order valence-electron chi connectivity index (χ2n) is 5.02. The number of nitrogens with zero attached hydrogens (tertiary/aromatic N) is 3. The van der Waals surface area contributed by atoms with Crippen LogP contribution in [-0.2, 0) is 6.42 Å². The van der Waals surface area contributed by atoms with Crippen molar-refractivity contribution in [3.05, 3.63) is 77.6 Å². The predicted octanol–water partition coefficient (Wildman–Crippen LogP) is 2.86. The highest BCUT2D eigenvalue weighted by Gasteiger charge is 2.14. The van der Waals surface area contributed by atoms with E-state index in [0.29, 0.717) is 12.0 Å². The van der Waals surface area contributed by atoms with Gasteiger partial charge in [0, 0.05) is 30.7 Å². The van der Waals surface area contributed by atoms with E-state index in [1.807, 2.05) is 48.0 Å². The first-order valence-corrected chi connectivity index (χ1v) is 6.91. The smallest absolute Gasteiger partial charge is 0.336 e. The van der Waals surface area contributed by atoms with Crippen molar-refractivity contribution in [2.24, 2.45) is 0 Å². The van der Waals surface area contributed by atoms with Crippen molar-refractivity contribution in [1.29, 1.82) is 0 Å². The molecule has 0 aliphatic carbocycles. The van der Waals surface area contributed by atoms with Crippen molar-refractivity contribution >= 4 is 5.97 Å². The number of carboxylic acid groups (broad SMARTS) is 1. The Kier molecular flexibility index (Phi) is 3.70. The maximum atomic E-state index is 11.3. The largest absolute Gasteiger partial charge is 0.478 e. The zero-order valence-corrected chi connectivity index (χ0v) is 12.1. The van der Waals surface area contributed by atoms with E-state index in [9.17, 15) is 9.90 Å². The monoisotopic (exact) mass is 293 g/mol. The number of pyridine rings is 1. The number of aromatic carboxylic acids is 1. The minimum absolute atomic E-state index is 0.260. The molecule has 0 fully saturated rings. The molecule has 0 saturated heterocycles. The molecule has 3 aromatic rings. The minimum Gasteiger partial charge on any atom is -0.478 e. The summed E-state index contributed by atoms with van der Waals surface area (Å²) in [6, 6.07) is 11.4. The number of carboxylic acids is 1. The summed E-state index contributed by atoms with van der Waals surface area (Å²) >= 11 is 0. The van der Waals surface area contributed by atoms with E-state index in [-0.39, 0.29) is 5.56 Å². The van der Waals surface area contributed by atoms with E-state index in [1.54, 1.807) is 6.20 Å². The number of benzene rings is 1. The van der Waals surface area contributed by atoms with Gasteiger partial charge in [0.15, 0.2) is 0 Å². The highest BCUT2D eigenvalue weighted by Crippen LogP contribution is 2.17. The lowest BCUT2D eigenvalue weighted by molar-refractivity contribution is 0.0695. The molecule has 110 valence electrons. The van der Waals surface area contributed by atoms with Gasteiger partial charge in [0.05, 0.1) is 11.3 Å². The Morgan fingerprint density at radius 1 is 1.23 bits per heavy atom. The molecule has 1 N–H and O–H groups in total. The van der Waals surface area contributed by atoms with Gasteiger partial charge in [-0.1, -0.05) is 18.2 Å². The maximum absolute atomic E-state index is 11.3. The molecule has 0 amide bonds. The van der Waals surface area contributed by atoms with Crippen LogP contribution in [0.2, 0.25) is 0 Å². The van der Waals surface area contributed by atoms with Gasteiger partial charge < -0.3 is 9.67 Å². The summed E-state index contributed by atoms with van der Waals surface area (Å²) < 4.78 is 1.98. The van der Waals surface area contributed by atoms with Crippen LogP contribution < -0.4 is 0 Å². The zero-order valence-electron chi connectivity index (χ0n) is 12.1. The molecule has 3 rings (SSSR count). The van der Waals surface area contributed by atoms with Crippen molar-refractivity contribution in [3.63, 3.8) is 0 Å². The Bertz CT molecular complexity index is 810. The Morgan fingerprint density at radius 3 is 2.73 bits per heavy atom. The number of imidazole rings is 1. The van der Waals surface area contributed by atoms with E-state index < -0.39 is 5.97 Å². The molecule has 0 bridgehead atoms. The van der Waals surface area contributed by atoms with Gasteiger partial charge in [-0.3, -0.25) is 4.98 Å². The van der Waals surface area contributed by atoms with Crippen LogP contribution >= 0.6 is 0 Å². The summed E-state index contributed by atoms with van der Waals surface area (Å²) in [7, 11) is 0. The van der Waals surface area contributed by atoms with Gasteiger partial charge in [0.25, 0.3) is 0 Å². The highest BCUT2D eigenvalue weighted by atomic mass is 16.4. The van der Waals surface area contributed by atoms with Gasteiger partial charge in [0.1, 0.15) is 5.82 Å². The first-order valence-electron chi connectivity index (χ1n) is 6.91. The molecule has 0 aliphatic rings. The molecule has 0 atom stereocenters. The van der Waals surface area contributed by atoms with E-state index in [4.69, 9.17) is 0 Å². The number of aryl methyl sites for hydroxylation is 1. The lowest BCUT2D eigenvalue weighted by Gasteiger charge is -2.09. The Labute approximate surface area is 127 Å². The quantitative estimate of drug-likeness (QED) is 0.803. The van der Waals surface area contributed by atoms with Crippen LogP contribution in [0.3, 0.4) is 0 Å². The number of hydrogen-bond donors (Lipinski definition) is 1. The second kappa shape index (κ2) is 5.81. The summed E-state index contributed by atoms with van der Waals surface area (Å²) in [5, 5.41) is 9.28. The van der Waals surface area contributed by atoms with E-state index >= 15 is 0 Å². The summed E-state index contributed by atoms with van der Waals surface area (Å²) in [4.78, 5) is 19.9.